The number of rotatable bonds is 8. The average molecular weight is 445 g/mol. The highest BCUT2D eigenvalue weighted by atomic mass is 35.5. The maximum Gasteiger partial charge on any atom is 0.118 e. The molecule has 0 radical (unpaired) electrons. The first kappa shape index (κ1) is 23.8. The number of aliphatic hydroxyl groups is 2. The van der Waals surface area contributed by atoms with Crippen LogP contribution in [0.4, 0.5) is 0 Å². The highest BCUT2D eigenvalue weighted by molar-refractivity contribution is 6.31. The van der Waals surface area contributed by atoms with Crippen LogP contribution in [0.5, 0.6) is 5.75 Å². The zero-order valence-electron chi connectivity index (χ0n) is 18.5. The van der Waals surface area contributed by atoms with Crippen LogP contribution in [-0.2, 0) is 11.2 Å². The van der Waals surface area contributed by atoms with Gasteiger partial charge in [-0.05, 0) is 60.6 Å². The molecule has 1 fully saturated rings. The van der Waals surface area contributed by atoms with Gasteiger partial charge in [0.05, 0.1) is 19.3 Å². The van der Waals surface area contributed by atoms with Gasteiger partial charge in [-0.25, -0.2) is 0 Å². The van der Waals surface area contributed by atoms with Gasteiger partial charge >= 0.3 is 0 Å². The van der Waals surface area contributed by atoms with Crippen LogP contribution in [0.1, 0.15) is 55.9 Å². The number of hydrogen-bond acceptors (Lipinski definition) is 4. The molecule has 0 unspecified atom stereocenters. The highest BCUT2D eigenvalue weighted by Gasteiger charge is 2.43. The molecule has 0 amide bonds. The number of hydrogen-bond donors (Lipinski definition) is 2. The molecule has 2 aromatic rings. The van der Waals surface area contributed by atoms with Gasteiger partial charge in [0.25, 0.3) is 0 Å². The summed E-state index contributed by atoms with van der Waals surface area (Å²) in [5.74, 6) is 0.690. The topological polar surface area (TPSA) is 58.9 Å². The number of allylic oxidation sites excluding steroid dienone is 2. The second-order valence-electron chi connectivity index (χ2n) is 8.14. The normalized spacial score (nSPS) is 26.3. The van der Waals surface area contributed by atoms with E-state index in [9.17, 15) is 10.2 Å². The fourth-order valence-electron chi connectivity index (χ4n) is 4.28. The third-order valence-electron chi connectivity index (χ3n) is 6.06. The number of benzene rings is 2. The summed E-state index contributed by atoms with van der Waals surface area (Å²) in [5.41, 5.74) is 2.90. The van der Waals surface area contributed by atoms with E-state index in [0.717, 1.165) is 35.3 Å². The quantitative estimate of drug-likeness (QED) is 0.529. The third kappa shape index (κ3) is 5.69. The summed E-state index contributed by atoms with van der Waals surface area (Å²) in [6, 6.07) is 13.6. The van der Waals surface area contributed by atoms with Crippen molar-refractivity contribution in [1.29, 1.82) is 0 Å². The third-order valence-corrected chi connectivity index (χ3v) is 6.43. The summed E-state index contributed by atoms with van der Waals surface area (Å²) in [6.07, 6.45) is 4.70. The minimum Gasteiger partial charge on any atom is -0.497 e. The summed E-state index contributed by atoms with van der Waals surface area (Å²) < 4.78 is 11.5. The first-order valence-electron chi connectivity index (χ1n) is 11.1. The van der Waals surface area contributed by atoms with Crippen molar-refractivity contribution in [2.24, 2.45) is 5.92 Å². The van der Waals surface area contributed by atoms with Crippen molar-refractivity contribution in [1.82, 2.24) is 0 Å². The van der Waals surface area contributed by atoms with Crippen LogP contribution >= 0.6 is 11.6 Å². The van der Waals surface area contributed by atoms with Gasteiger partial charge in [-0.15, -0.1) is 0 Å². The maximum atomic E-state index is 10.9. The second kappa shape index (κ2) is 11.1. The van der Waals surface area contributed by atoms with Gasteiger partial charge in [-0.3, -0.25) is 0 Å². The maximum absolute atomic E-state index is 10.9. The number of ether oxygens (including phenoxy) is 2. The van der Waals surface area contributed by atoms with Crippen LogP contribution in [0.15, 0.2) is 54.6 Å². The van der Waals surface area contributed by atoms with Crippen LogP contribution in [0.2, 0.25) is 5.02 Å². The van der Waals surface area contributed by atoms with E-state index in [1.54, 1.807) is 7.11 Å². The molecule has 0 aliphatic carbocycles. The Morgan fingerprint density at radius 1 is 1.03 bits per heavy atom. The van der Waals surface area contributed by atoms with Crippen molar-refractivity contribution in [2.45, 2.75) is 63.9 Å². The van der Waals surface area contributed by atoms with Gasteiger partial charge in [0.15, 0.2) is 0 Å². The Balaban J connectivity index is 1.81. The van der Waals surface area contributed by atoms with Crippen molar-refractivity contribution < 1.29 is 19.7 Å². The number of methoxy groups -OCH3 is 1. The number of halogens is 1. The molecule has 2 N–H and O–H groups in total. The van der Waals surface area contributed by atoms with Crippen LogP contribution in [-0.4, -0.2) is 35.6 Å². The van der Waals surface area contributed by atoms with Crippen LogP contribution in [0.3, 0.4) is 0 Å². The predicted molar refractivity (Wildman–Crippen MR) is 125 cm³/mol. The van der Waals surface area contributed by atoms with Crippen molar-refractivity contribution in [3.8, 4) is 5.75 Å². The molecule has 3 rings (SSSR count). The fraction of sp³-hybridized carbons (Fsp3) is 0.462. The van der Waals surface area contributed by atoms with E-state index in [2.05, 4.69) is 26.0 Å². The molecule has 1 saturated heterocycles. The first-order chi connectivity index (χ1) is 15.0. The smallest absolute Gasteiger partial charge is 0.118 e. The minimum absolute atomic E-state index is 0.120. The van der Waals surface area contributed by atoms with Crippen molar-refractivity contribution in [2.75, 3.05) is 7.11 Å². The van der Waals surface area contributed by atoms with Gasteiger partial charge in [-0.1, -0.05) is 61.9 Å². The Labute approximate surface area is 190 Å². The van der Waals surface area contributed by atoms with Crippen molar-refractivity contribution in [3.05, 3.63) is 76.3 Å². The average Bonchev–Trinajstić information content (AvgIpc) is 2.79. The summed E-state index contributed by atoms with van der Waals surface area (Å²) in [5, 5.41) is 22.4. The van der Waals surface area contributed by atoms with Crippen molar-refractivity contribution in [3.63, 3.8) is 0 Å². The number of aliphatic hydroxyl groups excluding tert-OH is 2. The molecule has 1 heterocycles. The zero-order valence-corrected chi connectivity index (χ0v) is 19.3. The Morgan fingerprint density at radius 3 is 2.42 bits per heavy atom. The lowest BCUT2D eigenvalue weighted by Crippen LogP contribution is -2.50. The van der Waals surface area contributed by atoms with E-state index in [1.807, 2.05) is 42.5 Å². The molecular weight excluding hydrogens is 412 g/mol. The van der Waals surface area contributed by atoms with Gasteiger partial charge < -0.3 is 19.7 Å². The standard InChI is InChI=1S/C26H33ClO4/c1-4-6-7-8-21-23(5-2)31-26(25(29)24(21)28)18-11-14-22(27)19(16-18)15-17-9-12-20(30-3)13-10-17/h6-7,9-14,16,21,23-26,28-29H,4-5,8,15H2,1-3H3/b7-6+/t21-,23-,24+,25-,26+/m1/s1. The summed E-state index contributed by atoms with van der Waals surface area (Å²) in [7, 11) is 1.65. The molecular formula is C26H33ClO4. The molecule has 0 saturated carbocycles. The Bertz CT molecular complexity index is 862. The Hall–Kier alpha value is -1.85. The summed E-state index contributed by atoms with van der Waals surface area (Å²) >= 11 is 6.47. The largest absolute Gasteiger partial charge is 0.497 e. The molecule has 2 aromatic carbocycles. The van der Waals surface area contributed by atoms with Crippen molar-refractivity contribution >= 4 is 11.6 Å². The van der Waals surface area contributed by atoms with E-state index in [4.69, 9.17) is 21.1 Å². The minimum atomic E-state index is -0.988. The summed E-state index contributed by atoms with van der Waals surface area (Å²) in [4.78, 5) is 0. The molecule has 0 bridgehead atoms. The van der Waals surface area contributed by atoms with Gasteiger partial charge in [0.2, 0.25) is 0 Å². The molecule has 1 aliphatic rings. The van der Waals surface area contributed by atoms with Crippen LogP contribution in [0, 0.1) is 5.92 Å². The molecule has 0 aromatic heterocycles. The van der Waals surface area contributed by atoms with E-state index in [-0.39, 0.29) is 12.0 Å². The fourth-order valence-corrected chi connectivity index (χ4v) is 4.46. The molecule has 5 atom stereocenters. The van der Waals surface area contributed by atoms with E-state index >= 15 is 0 Å². The van der Waals surface area contributed by atoms with Gasteiger partial charge in [-0.2, -0.15) is 0 Å². The molecule has 31 heavy (non-hydrogen) atoms. The summed E-state index contributed by atoms with van der Waals surface area (Å²) in [6.45, 7) is 4.14. The zero-order chi connectivity index (χ0) is 22.4. The molecule has 5 heteroatoms. The van der Waals surface area contributed by atoms with Gasteiger partial charge in [0.1, 0.15) is 18.0 Å². The van der Waals surface area contributed by atoms with E-state index < -0.39 is 18.3 Å². The molecule has 1 aliphatic heterocycles. The molecule has 0 spiro atoms. The molecule has 168 valence electrons. The van der Waals surface area contributed by atoms with Crippen LogP contribution < -0.4 is 4.74 Å². The second-order valence-corrected chi connectivity index (χ2v) is 8.55. The predicted octanol–water partition coefficient (Wildman–Crippen LogP) is 5.48. The lowest BCUT2D eigenvalue weighted by molar-refractivity contribution is -0.202. The lowest BCUT2D eigenvalue weighted by Gasteiger charge is -2.43. The Kier molecular flexibility index (Phi) is 8.56. The first-order valence-corrected chi connectivity index (χ1v) is 11.4. The van der Waals surface area contributed by atoms with E-state index in [1.165, 1.54) is 0 Å². The lowest BCUT2D eigenvalue weighted by atomic mass is 9.81. The monoisotopic (exact) mass is 444 g/mol. The Morgan fingerprint density at radius 2 is 1.77 bits per heavy atom. The SMILES string of the molecule is CC/C=C/C[C@H]1[C@H](O)[C@@H](O)[C@H](c2ccc(Cl)c(Cc3ccc(OC)cc3)c2)O[C@@H]1CC. The highest BCUT2D eigenvalue weighted by Crippen LogP contribution is 2.39. The van der Waals surface area contributed by atoms with Crippen LogP contribution in [0.25, 0.3) is 0 Å². The van der Waals surface area contributed by atoms with E-state index in [0.29, 0.717) is 17.9 Å². The molecule has 4 nitrogen and oxygen atoms in total. The van der Waals surface area contributed by atoms with Gasteiger partial charge in [0, 0.05) is 10.9 Å².